The molecule has 0 fully saturated rings. The van der Waals surface area contributed by atoms with Crippen molar-refractivity contribution in [2.24, 2.45) is 0 Å². The fraction of sp³-hybridized carbons (Fsp3) is 0.273. The van der Waals surface area contributed by atoms with Crippen molar-refractivity contribution in [1.82, 2.24) is 0 Å². The zero-order chi connectivity index (χ0) is 8.97. The average molecular weight is 181 g/mol. The number of hydrogen-bond donors (Lipinski definition) is 0. The maximum atomic E-state index is 5.75. The van der Waals surface area contributed by atoms with Gasteiger partial charge in [-0.2, -0.15) is 0 Å². The molecule has 0 bridgehead atoms. The summed E-state index contributed by atoms with van der Waals surface area (Å²) in [5, 5.41) is 0.705. The third-order valence-electron chi connectivity index (χ3n) is 1.88. The molecule has 0 aromatic heterocycles. The first-order chi connectivity index (χ1) is 5.74. The molecule has 1 rings (SSSR count). The predicted octanol–water partition coefficient (Wildman–Crippen LogP) is 3.54. The van der Waals surface area contributed by atoms with Crippen LogP contribution in [0.3, 0.4) is 0 Å². The van der Waals surface area contributed by atoms with Crippen molar-refractivity contribution in [3.05, 3.63) is 47.0 Å². The number of benzene rings is 1. The highest BCUT2D eigenvalue weighted by atomic mass is 35.5. The largest absolute Gasteiger partial charge is 0.0894 e. The minimum atomic E-state index is 0.705. The zero-order valence-electron chi connectivity index (χ0n) is 7.31. The van der Waals surface area contributed by atoms with E-state index in [0.717, 1.165) is 12.8 Å². The van der Waals surface area contributed by atoms with Gasteiger partial charge in [0.1, 0.15) is 0 Å². The van der Waals surface area contributed by atoms with Gasteiger partial charge in [0.25, 0.3) is 0 Å². The van der Waals surface area contributed by atoms with Crippen LogP contribution < -0.4 is 0 Å². The van der Waals surface area contributed by atoms with Crippen LogP contribution in [0, 0.1) is 0 Å². The molecule has 0 atom stereocenters. The van der Waals surface area contributed by atoms with E-state index in [-0.39, 0.29) is 0 Å². The van der Waals surface area contributed by atoms with Crippen LogP contribution in [-0.4, -0.2) is 0 Å². The molecular weight excluding hydrogens is 168 g/mol. The van der Waals surface area contributed by atoms with Gasteiger partial charge in [0.15, 0.2) is 0 Å². The lowest BCUT2D eigenvalue weighted by molar-refractivity contribution is 1.07. The fourth-order valence-electron chi connectivity index (χ4n) is 1.28. The van der Waals surface area contributed by atoms with Crippen LogP contribution in [0.1, 0.15) is 18.1 Å². The predicted molar refractivity (Wildman–Crippen MR) is 54.5 cm³/mol. The summed E-state index contributed by atoms with van der Waals surface area (Å²) in [5.74, 6) is 0. The Bertz CT molecular complexity index is 276. The number of aryl methyl sites for hydroxylation is 1. The SMILES string of the molecule is C=C(Cl)Cc1ccccc1CC. The lowest BCUT2D eigenvalue weighted by atomic mass is 10.0. The molecule has 64 valence electrons. The monoisotopic (exact) mass is 180 g/mol. The summed E-state index contributed by atoms with van der Waals surface area (Å²) >= 11 is 5.75. The van der Waals surface area contributed by atoms with Crippen molar-refractivity contribution in [2.75, 3.05) is 0 Å². The Labute approximate surface area is 78.9 Å². The average Bonchev–Trinajstić information content (AvgIpc) is 2.04. The van der Waals surface area contributed by atoms with E-state index in [4.69, 9.17) is 11.6 Å². The molecule has 0 nitrogen and oxygen atoms in total. The van der Waals surface area contributed by atoms with Gasteiger partial charge in [0.2, 0.25) is 0 Å². The lowest BCUT2D eigenvalue weighted by Gasteiger charge is -2.05. The van der Waals surface area contributed by atoms with Crippen LogP contribution in [-0.2, 0) is 12.8 Å². The van der Waals surface area contributed by atoms with Gasteiger partial charge in [-0.25, -0.2) is 0 Å². The topological polar surface area (TPSA) is 0 Å². The number of allylic oxidation sites excluding steroid dienone is 1. The van der Waals surface area contributed by atoms with E-state index in [1.807, 2.05) is 6.07 Å². The van der Waals surface area contributed by atoms with Gasteiger partial charge in [-0.1, -0.05) is 49.4 Å². The molecule has 1 aromatic rings. The van der Waals surface area contributed by atoms with E-state index in [9.17, 15) is 0 Å². The Kier molecular flexibility index (Phi) is 3.36. The van der Waals surface area contributed by atoms with Crippen molar-refractivity contribution in [3.63, 3.8) is 0 Å². The van der Waals surface area contributed by atoms with Crippen LogP contribution in [0.15, 0.2) is 35.9 Å². The second-order valence-electron chi connectivity index (χ2n) is 2.82. The summed E-state index contributed by atoms with van der Waals surface area (Å²) in [5.41, 5.74) is 2.65. The first kappa shape index (κ1) is 9.34. The van der Waals surface area contributed by atoms with Gasteiger partial charge in [0, 0.05) is 11.5 Å². The zero-order valence-corrected chi connectivity index (χ0v) is 8.06. The van der Waals surface area contributed by atoms with Crippen molar-refractivity contribution in [1.29, 1.82) is 0 Å². The maximum Gasteiger partial charge on any atom is 0.0153 e. The van der Waals surface area contributed by atoms with Crippen LogP contribution in [0.2, 0.25) is 0 Å². The van der Waals surface area contributed by atoms with Gasteiger partial charge >= 0.3 is 0 Å². The van der Waals surface area contributed by atoms with Crippen molar-refractivity contribution in [2.45, 2.75) is 19.8 Å². The molecule has 0 aliphatic rings. The summed E-state index contributed by atoms with van der Waals surface area (Å²) in [6.07, 6.45) is 1.84. The van der Waals surface area contributed by atoms with E-state index in [1.54, 1.807) is 0 Å². The molecule has 0 spiro atoms. The molecule has 0 aliphatic heterocycles. The van der Waals surface area contributed by atoms with E-state index in [1.165, 1.54) is 11.1 Å². The van der Waals surface area contributed by atoms with Gasteiger partial charge in [-0.15, -0.1) is 0 Å². The first-order valence-electron chi connectivity index (χ1n) is 4.14. The van der Waals surface area contributed by atoms with Gasteiger partial charge < -0.3 is 0 Å². The first-order valence-corrected chi connectivity index (χ1v) is 4.52. The van der Waals surface area contributed by atoms with Crippen LogP contribution in [0.25, 0.3) is 0 Å². The summed E-state index contributed by atoms with van der Waals surface area (Å²) in [4.78, 5) is 0. The number of halogens is 1. The molecule has 0 radical (unpaired) electrons. The molecule has 12 heavy (non-hydrogen) atoms. The third kappa shape index (κ3) is 2.38. The molecule has 0 aliphatic carbocycles. The Balaban J connectivity index is 2.89. The number of hydrogen-bond acceptors (Lipinski definition) is 0. The van der Waals surface area contributed by atoms with Gasteiger partial charge in [-0.05, 0) is 17.5 Å². The minimum Gasteiger partial charge on any atom is -0.0894 e. The van der Waals surface area contributed by atoms with Crippen molar-refractivity contribution >= 4 is 11.6 Å². The van der Waals surface area contributed by atoms with Crippen LogP contribution in [0.5, 0.6) is 0 Å². The second-order valence-corrected chi connectivity index (χ2v) is 3.35. The minimum absolute atomic E-state index is 0.705. The molecule has 0 amide bonds. The molecule has 0 N–H and O–H groups in total. The highest BCUT2D eigenvalue weighted by Gasteiger charge is 1.99. The fourth-order valence-corrected chi connectivity index (χ4v) is 1.43. The summed E-state index contributed by atoms with van der Waals surface area (Å²) in [6.45, 7) is 5.84. The summed E-state index contributed by atoms with van der Waals surface area (Å²) < 4.78 is 0. The Morgan fingerprint density at radius 1 is 1.33 bits per heavy atom. The quantitative estimate of drug-likeness (QED) is 0.668. The summed E-state index contributed by atoms with van der Waals surface area (Å²) in [7, 11) is 0. The van der Waals surface area contributed by atoms with E-state index >= 15 is 0 Å². The highest BCUT2D eigenvalue weighted by Crippen LogP contribution is 2.14. The molecule has 0 unspecified atom stereocenters. The highest BCUT2D eigenvalue weighted by molar-refractivity contribution is 6.29. The standard InChI is InChI=1S/C11H13Cl/c1-3-10-6-4-5-7-11(10)8-9(2)12/h4-7H,2-3,8H2,1H3. The number of rotatable bonds is 3. The molecular formula is C11H13Cl. The summed E-state index contributed by atoms with van der Waals surface area (Å²) in [6, 6.07) is 8.33. The Morgan fingerprint density at radius 2 is 1.92 bits per heavy atom. The van der Waals surface area contributed by atoms with Crippen molar-refractivity contribution in [3.8, 4) is 0 Å². The Morgan fingerprint density at radius 3 is 2.42 bits per heavy atom. The molecule has 0 saturated heterocycles. The van der Waals surface area contributed by atoms with Gasteiger partial charge in [0.05, 0.1) is 0 Å². The van der Waals surface area contributed by atoms with Crippen LogP contribution in [0.4, 0.5) is 0 Å². The molecule has 0 saturated carbocycles. The van der Waals surface area contributed by atoms with Gasteiger partial charge in [-0.3, -0.25) is 0 Å². The Hall–Kier alpha value is -0.750. The smallest absolute Gasteiger partial charge is 0.0153 e. The van der Waals surface area contributed by atoms with E-state index in [0.29, 0.717) is 5.03 Å². The lowest BCUT2D eigenvalue weighted by Crippen LogP contribution is -1.91. The molecule has 1 aromatic carbocycles. The van der Waals surface area contributed by atoms with E-state index in [2.05, 4.69) is 31.7 Å². The molecule has 0 heterocycles. The van der Waals surface area contributed by atoms with E-state index < -0.39 is 0 Å². The normalized spacial score (nSPS) is 9.83. The van der Waals surface area contributed by atoms with Crippen LogP contribution >= 0.6 is 11.6 Å². The molecule has 1 heteroatoms. The maximum absolute atomic E-state index is 5.75. The van der Waals surface area contributed by atoms with Crippen molar-refractivity contribution < 1.29 is 0 Å². The third-order valence-corrected chi connectivity index (χ3v) is 2.02. The second kappa shape index (κ2) is 4.32.